The Kier molecular flexibility index (Phi) is 5.22. The van der Waals surface area contributed by atoms with Crippen LogP contribution in [0.2, 0.25) is 0 Å². The summed E-state index contributed by atoms with van der Waals surface area (Å²) in [5.41, 5.74) is 0.994. The first-order chi connectivity index (χ1) is 10.2. The Bertz CT molecular complexity index is 495. The molecule has 0 bridgehead atoms. The van der Waals surface area contributed by atoms with Gasteiger partial charge in [-0.2, -0.15) is 0 Å². The molecule has 6 heteroatoms. The van der Waals surface area contributed by atoms with Crippen molar-refractivity contribution in [1.82, 2.24) is 4.90 Å². The van der Waals surface area contributed by atoms with Gasteiger partial charge in [0.25, 0.3) is 0 Å². The maximum atomic E-state index is 12.0. The van der Waals surface area contributed by atoms with E-state index in [-0.39, 0.29) is 11.3 Å². The number of carbonyl (C=O) groups excluding carboxylic acids is 1. The summed E-state index contributed by atoms with van der Waals surface area (Å²) >= 11 is 1.63. The summed E-state index contributed by atoms with van der Waals surface area (Å²) in [6.07, 6.45) is 0.938. The predicted octanol–water partition coefficient (Wildman–Crippen LogP) is 2.70. The van der Waals surface area contributed by atoms with Gasteiger partial charge in [-0.15, -0.1) is 11.8 Å². The van der Waals surface area contributed by atoms with Gasteiger partial charge in [0.1, 0.15) is 5.37 Å². The Balaban J connectivity index is 2.41. The zero-order valence-corrected chi connectivity index (χ0v) is 13.7. The summed E-state index contributed by atoms with van der Waals surface area (Å²) in [5.74, 6) is 2.49. The van der Waals surface area contributed by atoms with E-state index in [9.17, 15) is 4.79 Å². The SMILES string of the molecule is CCCN1C(=O)CSC1c1cc(OC)c(OC)c(OC)c1. The number of carbonyl (C=O) groups is 1. The maximum absolute atomic E-state index is 12.0. The molecular formula is C15H21NO4S. The summed E-state index contributed by atoms with van der Waals surface area (Å²) < 4.78 is 16.1. The van der Waals surface area contributed by atoms with Crippen molar-refractivity contribution >= 4 is 17.7 Å². The number of methoxy groups -OCH3 is 3. The summed E-state index contributed by atoms with van der Waals surface area (Å²) in [7, 11) is 4.77. The molecule has 0 saturated carbocycles. The number of hydrogen-bond donors (Lipinski definition) is 0. The second-order valence-corrected chi connectivity index (χ2v) is 5.78. The van der Waals surface area contributed by atoms with E-state index in [4.69, 9.17) is 14.2 Å². The van der Waals surface area contributed by atoms with Crippen LogP contribution < -0.4 is 14.2 Å². The lowest BCUT2D eigenvalue weighted by Gasteiger charge is -2.25. The molecule has 1 aromatic rings. The topological polar surface area (TPSA) is 48.0 Å². The average molecular weight is 311 g/mol. The minimum Gasteiger partial charge on any atom is -0.493 e. The van der Waals surface area contributed by atoms with E-state index in [1.54, 1.807) is 33.1 Å². The van der Waals surface area contributed by atoms with Crippen LogP contribution >= 0.6 is 11.8 Å². The van der Waals surface area contributed by atoms with Gasteiger partial charge in [0.05, 0.1) is 27.1 Å². The average Bonchev–Trinajstić information content (AvgIpc) is 2.87. The normalized spacial score (nSPS) is 18.0. The number of hydrogen-bond acceptors (Lipinski definition) is 5. The molecule has 5 nitrogen and oxygen atoms in total. The molecule has 1 amide bonds. The van der Waals surface area contributed by atoms with Crippen molar-refractivity contribution in [3.8, 4) is 17.2 Å². The van der Waals surface area contributed by atoms with Crippen LogP contribution in [-0.2, 0) is 4.79 Å². The van der Waals surface area contributed by atoms with Crippen molar-refractivity contribution in [2.45, 2.75) is 18.7 Å². The van der Waals surface area contributed by atoms with Gasteiger partial charge < -0.3 is 19.1 Å². The van der Waals surface area contributed by atoms with Crippen molar-refractivity contribution in [2.75, 3.05) is 33.6 Å². The summed E-state index contributed by atoms with van der Waals surface area (Å²) in [4.78, 5) is 13.9. The van der Waals surface area contributed by atoms with Crippen molar-refractivity contribution in [1.29, 1.82) is 0 Å². The van der Waals surface area contributed by atoms with Crippen LogP contribution in [0.15, 0.2) is 12.1 Å². The van der Waals surface area contributed by atoms with Gasteiger partial charge in [-0.3, -0.25) is 4.79 Å². The molecule has 1 atom stereocenters. The molecule has 0 radical (unpaired) electrons. The molecule has 1 saturated heterocycles. The molecular weight excluding hydrogens is 290 g/mol. The number of benzene rings is 1. The Hall–Kier alpha value is -1.56. The second kappa shape index (κ2) is 6.93. The molecule has 116 valence electrons. The monoisotopic (exact) mass is 311 g/mol. The third-order valence-corrected chi connectivity index (χ3v) is 4.66. The van der Waals surface area contributed by atoms with E-state index in [1.807, 2.05) is 17.0 Å². The Morgan fingerprint density at radius 2 is 1.81 bits per heavy atom. The van der Waals surface area contributed by atoms with Crippen LogP contribution in [0.3, 0.4) is 0 Å². The largest absolute Gasteiger partial charge is 0.493 e. The molecule has 1 heterocycles. The van der Waals surface area contributed by atoms with E-state index in [1.165, 1.54) is 0 Å². The van der Waals surface area contributed by atoms with Crippen molar-refractivity contribution in [3.63, 3.8) is 0 Å². The van der Waals surface area contributed by atoms with Crippen molar-refractivity contribution < 1.29 is 19.0 Å². The number of rotatable bonds is 6. The van der Waals surface area contributed by atoms with Crippen LogP contribution in [0.4, 0.5) is 0 Å². The van der Waals surface area contributed by atoms with Crippen LogP contribution in [0.5, 0.6) is 17.2 Å². The minimum absolute atomic E-state index is 0.00570. The number of amides is 1. The lowest BCUT2D eigenvalue weighted by molar-refractivity contribution is -0.128. The first-order valence-corrected chi connectivity index (χ1v) is 7.92. The highest BCUT2D eigenvalue weighted by atomic mass is 32.2. The van der Waals surface area contributed by atoms with Gasteiger partial charge in [0, 0.05) is 6.54 Å². The van der Waals surface area contributed by atoms with E-state index in [2.05, 4.69) is 6.92 Å². The molecule has 0 N–H and O–H groups in total. The zero-order valence-electron chi connectivity index (χ0n) is 12.8. The number of ether oxygens (including phenoxy) is 3. The lowest BCUT2D eigenvalue weighted by Crippen LogP contribution is -2.28. The molecule has 0 aliphatic carbocycles. The predicted molar refractivity (Wildman–Crippen MR) is 83.3 cm³/mol. The van der Waals surface area contributed by atoms with Crippen molar-refractivity contribution in [3.05, 3.63) is 17.7 Å². The zero-order chi connectivity index (χ0) is 15.4. The van der Waals surface area contributed by atoms with Gasteiger partial charge in [0.2, 0.25) is 11.7 Å². The summed E-state index contributed by atoms with van der Waals surface area (Å²) in [6.45, 7) is 2.83. The highest BCUT2D eigenvalue weighted by molar-refractivity contribution is 8.00. The Morgan fingerprint density at radius 1 is 1.19 bits per heavy atom. The molecule has 1 aliphatic heterocycles. The fraction of sp³-hybridized carbons (Fsp3) is 0.533. The molecule has 1 fully saturated rings. The molecule has 1 aromatic carbocycles. The van der Waals surface area contributed by atoms with Gasteiger partial charge in [-0.25, -0.2) is 0 Å². The number of thioether (sulfide) groups is 1. The third-order valence-electron chi connectivity index (χ3n) is 3.40. The maximum Gasteiger partial charge on any atom is 0.233 e. The van der Waals surface area contributed by atoms with Gasteiger partial charge in [0.15, 0.2) is 11.5 Å². The van der Waals surface area contributed by atoms with E-state index < -0.39 is 0 Å². The highest BCUT2D eigenvalue weighted by Crippen LogP contribution is 2.45. The molecule has 2 rings (SSSR count). The number of nitrogens with zero attached hydrogens (tertiary/aromatic N) is 1. The second-order valence-electron chi connectivity index (χ2n) is 4.71. The standard InChI is InChI=1S/C15H21NO4S/c1-5-6-16-13(17)9-21-15(16)10-7-11(18-2)14(20-4)12(8-10)19-3/h7-8,15H,5-6,9H2,1-4H3. The molecule has 0 aromatic heterocycles. The van der Waals surface area contributed by atoms with Crippen LogP contribution in [0.25, 0.3) is 0 Å². The van der Waals surface area contributed by atoms with Crippen LogP contribution in [-0.4, -0.2) is 44.4 Å². The first kappa shape index (κ1) is 15.8. The lowest BCUT2D eigenvalue weighted by atomic mass is 10.1. The fourth-order valence-electron chi connectivity index (χ4n) is 2.46. The van der Waals surface area contributed by atoms with Gasteiger partial charge in [-0.1, -0.05) is 6.92 Å². The highest BCUT2D eigenvalue weighted by Gasteiger charge is 2.33. The summed E-state index contributed by atoms with van der Waals surface area (Å²) in [6, 6.07) is 3.83. The van der Waals surface area contributed by atoms with E-state index >= 15 is 0 Å². The van der Waals surface area contributed by atoms with Crippen LogP contribution in [0, 0.1) is 0 Å². The quantitative estimate of drug-likeness (QED) is 0.808. The van der Waals surface area contributed by atoms with E-state index in [0.29, 0.717) is 23.0 Å². The van der Waals surface area contributed by atoms with Gasteiger partial charge in [-0.05, 0) is 24.1 Å². The third kappa shape index (κ3) is 3.05. The fourth-order valence-corrected chi connectivity index (χ4v) is 3.65. The Labute approximate surface area is 129 Å². The molecule has 0 spiro atoms. The summed E-state index contributed by atoms with van der Waals surface area (Å²) in [5, 5.41) is 0.00570. The first-order valence-electron chi connectivity index (χ1n) is 6.87. The Morgan fingerprint density at radius 3 is 2.29 bits per heavy atom. The smallest absolute Gasteiger partial charge is 0.233 e. The van der Waals surface area contributed by atoms with Crippen molar-refractivity contribution in [2.24, 2.45) is 0 Å². The van der Waals surface area contributed by atoms with E-state index in [0.717, 1.165) is 18.5 Å². The van der Waals surface area contributed by atoms with Gasteiger partial charge >= 0.3 is 0 Å². The van der Waals surface area contributed by atoms with Crippen LogP contribution in [0.1, 0.15) is 24.3 Å². The minimum atomic E-state index is 0.00570. The molecule has 1 unspecified atom stereocenters. The molecule has 21 heavy (non-hydrogen) atoms. The molecule has 1 aliphatic rings.